The number of nitriles is 2. The number of rotatable bonds is 4. The highest BCUT2D eigenvalue weighted by Crippen LogP contribution is 2.14. The lowest BCUT2D eigenvalue weighted by Crippen LogP contribution is -2.08. The second-order valence-corrected chi connectivity index (χ2v) is 3.89. The number of anilines is 1. The van der Waals surface area contributed by atoms with Gasteiger partial charge in [0.25, 0.3) is 0 Å². The van der Waals surface area contributed by atoms with Crippen molar-refractivity contribution >= 4 is 17.7 Å². The minimum absolute atomic E-state index is 0.132. The van der Waals surface area contributed by atoms with Gasteiger partial charge in [0.05, 0.1) is 0 Å². The Morgan fingerprint density at radius 1 is 1.32 bits per heavy atom. The van der Waals surface area contributed by atoms with Crippen molar-refractivity contribution in [1.82, 2.24) is 0 Å². The molecule has 0 bridgehead atoms. The molecule has 1 aromatic carbocycles. The Morgan fingerprint density at radius 2 is 1.95 bits per heavy atom. The molecule has 0 saturated heterocycles. The monoisotopic (exact) mass is 255 g/mol. The first-order chi connectivity index (χ1) is 9.08. The highest BCUT2D eigenvalue weighted by molar-refractivity contribution is 5.97. The van der Waals surface area contributed by atoms with Crippen LogP contribution in [0.4, 0.5) is 5.69 Å². The molecule has 1 aromatic rings. The zero-order valence-corrected chi connectivity index (χ0v) is 10.8. The Bertz CT molecular complexity index is 560. The number of benzene rings is 1. The van der Waals surface area contributed by atoms with Crippen LogP contribution in [0.3, 0.4) is 0 Å². The van der Waals surface area contributed by atoms with E-state index in [4.69, 9.17) is 10.5 Å². The highest BCUT2D eigenvalue weighted by Gasteiger charge is 2.10. The van der Waals surface area contributed by atoms with Crippen molar-refractivity contribution in [3.05, 3.63) is 35.4 Å². The topological polar surface area (TPSA) is 77.1 Å². The van der Waals surface area contributed by atoms with Gasteiger partial charge in [-0.05, 0) is 23.8 Å². The van der Waals surface area contributed by atoms with Crippen LogP contribution in [0.2, 0.25) is 0 Å². The minimum Gasteiger partial charge on any atom is -0.446 e. The van der Waals surface area contributed by atoms with Gasteiger partial charge in [-0.15, -0.1) is 0 Å². The second-order valence-electron chi connectivity index (χ2n) is 3.89. The van der Waals surface area contributed by atoms with E-state index in [9.17, 15) is 4.79 Å². The second kappa shape index (κ2) is 6.83. The fraction of sp³-hybridized carbons (Fsp3) is 0.214. The summed E-state index contributed by atoms with van der Waals surface area (Å²) >= 11 is 0. The molecule has 1 rings (SSSR count). The molecule has 0 saturated carbocycles. The van der Waals surface area contributed by atoms with E-state index < -0.39 is 5.97 Å². The molecule has 0 amide bonds. The van der Waals surface area contributed by atoms with Crippen LogP contribution >= 0.6 is 0 Å². The molecule has 0 spiro atoms. The van der Waals surface area contributed by atoms with Gasteiger partial charge in [-0.2, -0.15) is 10.5 Å². The summed E-state index contributed by atoms with van der Waals surface area (Å²) in [7, 11) is 3.84. The molecule has 19 heavy (non-hydrogen) atoms. The first kappa shape index (κ1) is 14.3. The number of esters is 1. The molecule has 5 nitrogen and oxygen atoms in total. The molecule has 0 unspecified atom stereocenters. The average molecular weight is 255 g/mol. The van der Waals surface area contributed by atoms with Gasteiger partial charge in [-0.25, -0.2) is 4.79 Å². The Balaban J connectivity index is 2.90. The van der Waals surface area contributed by atoms with E-state index in [1.54, 1.807) is 24.3 Å². The maximum Gasteiger partial charge on any atom is 0.349 e. The van der Waals surface area contributed by atoms with E-state index in [1.165, 1.54) is 6.08 Å². The molecular weight excluding hydrogens is 242 g/mol. The molecule has 0 heterocycles. The number of carbonyl (C=O) groups is 1. The lowest BCUT2D eigenvalue weighted by atomic mass is 10.1. The van der Waals surface area contributed by atoms with E-state index in [2.05, 4.69) is 4.74 Å². The number of ether oxygens (including phenoxy) is 1. The number of nitrogens with zero attached hydrogens (tertiary/aromatic N) is 3. The van der Waals surface area contributed by atoms with Crippen molar-refractivity contribution in [3.63, 3.8) is 0 Å². The van der Waals surface area contributed by atoms with Crippen molar-refractivity contribution in [2.24, 2.45) is 0 Å². The van der Waals surface area contributed by atoms with Crippen LogP contribution in [0.25, 0.3) is 6.08 Å². The third kappa shape index (κ3) is 4.18. The smallest absolute Gasteiger partial charge is 0.349 e. The maximum atomic E-state index is 11.4. The Morgan fingerprint density at radius 3 is 2.42 bits per heavy atom. The maximum absolute atomic E-state index is 11.4. The average Bonchev–Trinajstić information content (AvgIpc) is 2.42. The zero-order valence-electron chi connectivity index (χ0n) is 10.8. The predicted octanol–water partition coefficient (Wildman–Crippen LogP) is 1.73. The Hall–Kier alpha value is -2.79. The van der Waals surface area contributed by atoms with Gasteiger partial charge in [0.15, 0.2) is 6.61 Å². The summed E-state index contributed by atoms with van der Waals surface area (Å²) < 4.78 is 4.58. The van der Waals surface area contributed by atoms with Gasteiger partial charge >= 0.3 is 5.97 Å². The zero-order chi connectivity index (χ0) is 14.3. The van der Waals surface area contributed by atoms with Gasteiger partial charge in [0.2, 0.25) is 0 Å². The van der Waals surface area contributed by atoms with E-state index in [0.29, 0.717) is 0 Å². The molecular formula is C14H13N3O2. The molecule has 0 N–H and O–H groups in total. The highest BCUT2D eigenvalue weighted by atomic mass is 16.5. The van der Waals surface area contributed by atoms with Gasteiger partial charge in [-0.1, -0.05) is 12.1 Å². The Labute approximate surface area is 111 Å². The van der Waals surface area contributed by atoms with E-state index in [1.807, 2.05) is 31.1 Å². The van der Waals surface area contributed by atoms with Crippen molar-refractivity contribution in [3.8, 4) is 12.1 Å². The van der Waals surface area contributed by atoms with Crippen LogP contribution in [0, 0.1) is 22.7 Å². The van der Waals surface area contributed by atoms with Crippen molar-refractivity contribution < 1.29 is 9.53 Å². The summed E-state index contributed by atoms with van der Waals surface area (Å²) in [6, 6.07) is 10.8. The molecule has 0 aromatic heterocycles. The lowest BCUT2D eigenvalue weighted by molar-refractivity contribution is -0.137. The van der Waals surface area contributed by atoms with Gasteiger partial charge in [0, 0.05) is 19.8 Å². The van der Waals surface area contributed by atoms with Gasteiger partial charge in [0.1, 0.15) is 17.7 Å². The molecule has 0 atom stereocenters. The number of carbonyl (C=O) groups excluding carboxylic acids is 1. The molecule has 0 fully saturated rings. The summed E-state index contributed by atoms with van der Waals surface area (Å²) in [5.41, 5.74) is 1.60. The number of hydrogen-bond acceptors (Lipinski definition) is 5. The molecule has 5 heteroatoms. The van der Waals surface area contributed by atoms with Crippen molar-refractivity contribution in [2.75, 3.05) is 25.6 Å². The van der Waals surface area contributed by atoms with E-state index >= 15 is 0 Å². The van der Waals surface area contributed by atoms with Crippen LogP contribution in [0.1, 0.15) is 5.56 Å². The summed E-state index contributed by atoms with van der Waals surface area (Å²) in [4.78, 5) is 13.4. The quantitative estimate of drug-likeness (QED) is 0.465. The van der Waals surface area contributed by atoms with Crippen LogP contribution in [0.5, 0.6) is 0 Å². The SMILES string of the molecule is CN(C)c1ccc(/C=C(\C#N)C(=O)OCC#N)cc1. The molecule has 96 valence electrons. The normalized spacial score (nSPS) is 10.2. The fourth-order valence-electron chi connectivity index (χ4n) is 1.35. The van der Waals surface area contributed by atoms with Gasteiger partial charge < -0.3 is 9.64 Å². The largest absolute Gasteiger partial charge is 0.446 e. The summed E-state index contributed by atoms with van der Waals surface area (Å²) in [6.45, 7) is -0.364. The summed E-state index contributed by atoms with van der Waals surface area (Å²) in [5.74, 6) is -0.791. The Kier molecular flexibility index (Phi) is 5.13. The van der Waals surface area contributed by atoms with Crippen LogP contribution in [0.15, 0.2) is 29.8 Å². The standard InChI is InChI=1S/C14H13N3O2/c1-17(2)13-5-3-11(4-6-13)9-12(10-16)14(18)19-8-7-15/h3-6,9H,8H2,1-2H3/b12-9+. The predicted molar refractivity (Wildman–Crippen MR) is 70.9 cm³/mol. The molecule has 0 aliphatic heterocycles. The van der Waals surface area contributed by atoms with Crippen LogP contribution in [-0.4, -0.2) is 26.7 Å². The molecule has 0 radical (unpaired) electrons. The molecule has 0 aliphatic carbocycles. The lowest BCUT2D eigenvalue weighted by Gasteiger charge is -2.11. The van der Waals surface area contributed by atoms with Gasteiger partial charge in [-0.3, -0.25) is 0 Å². The third-order valence-electron chi connectivity index (χ3n) is 2.33. The third-order valence-corrected chi connectivity index (χ3v) is 2.33. The van der Waals surface area contributed by atoms with Crippen molar-refractivity contribution in [1.29, 1.82) is 10.5 Å². The van der Waals surface area contributed by atoms with Crippen LogP contribution in [-0.2, 0) is 9.53 Å². The van der Waals surface area contributed by atoms with Crippen molar-refractivity contribution in [2.45, 2.75) is 0 Å². The fourth-order valence-corrected chi connectivity index (χ4v) is 1.35. The molecule has 0 aliphatic rings. The minimum atomic E-state index is -0.791. The first-order valence-electron chi connectivity index (χ1n) is 5.51. The summed E-state index contributed by atoms with van der Waals surface area (Å²) in [5, 5.41) is 17.2. The first-order valence-corrected chi connectivity index (χ1v) is 5.51. The summed E-state index contributed by atoms with van der Waals surface area (Å²) in [6.07, 6.45) is 1.43. The van der Waals surface area contributed by atoms with Crippen LogP contribution < -0.4 is 4.90 Å². The van der Waals surface area contributed by atoms with E-state index in [-0.39, 0.29) is 12.2 Å². The number of hydrogen-bond donors (Lipinski definition) is 0. The van der Waals surface area contributed by atoms with E-state index in [0.717, 1.165) is 11.3 Å².